The predicted molar refractivity (Wildman–Crippen MR) is 60.7 cm³/mol. The van der Waals surface area contributed by atoms with Crippen LogP contribution in [-0.2, 0) is 0 Å². The van der Waals surface area contributed by atoms with Gasteiger partial charge in [0.1, 0.15) is 0 Å². The van der Waals surface area contributed by atoms with Gasteiger partial charge in [-0.1, -0.05) is 12.1 Å². The maximum absolute atomic E-state index is 4.29. The Kier molecular flexibility index (Phi) is 3.57. The molecular weight excluding hydrogens is 188 g/mol. The van der Waals surface area contributed by atoms with E-state index in [4.69, 9.17) is 0 Å². The molecular formula is C11H22N4. The number of hydrogen-bond acceptors (Lipinski definition) is 3. The molecule has 3 aliphatic heterocycles. The lowest BCUT2D eigenvalue weighted by atomic mass is 9.83. The third-order valence-corrected chi connectivity index (χ3v) is 3.66. The van der Waals surface area contributed by atoms with E-state index < -0.39 is 0 Å². The van der Waals surface area contributed by atoms with Crippen molar-refractivity contribution in [3.63, 3.8) is 0 Å². The average molecular weight is 210 g/mol. The molecule has 0 saturated carbocycles. The Morgan fingerprint density at radius 3 is 2.53 bits per heavy atom. The van der Waals surface area contributed by atoms with Crippen molar-refractivity contribution in [3.05, 3.63) is 0 Å². The van der Waals surface area contributed by atoms with Gasteiger partial charge in [0.25, 0.3) is 0 Å². The van der Waals surface area contributed by atoms with Crippen molar-refractivity contribution in [1.29, 1.82) is 0 Å². The molecule has 3 fully saturated rings. The Balaban J connectivity index is 2.00. The van der Waals surface area contributed by atoms with Crippen molar-refractivity contribution in [1.82, 2.24) is 9.91 Å². The second-order valence-electron chi connectivity index (χ2n) is 4.66. The molecule has 0 N–H and O–H groups in total. The zero-order chi connectivity index (χ0) is 10.7. The van der Waals surface area contributed by atoms with Gasteiger partial charge in [0.05, 0.1) is 13.1 Å². The minimum Gasteiger partial charge on any atom is -0.301 e. The number of piperidine rings is 3. The summed E-state index contributed by atoms with van der Waals surface area (Å²) in [6.07, 6.45) is 3.86. The maximum atomic E-state index is 4.29. The Hall–Kier alpha value is -0.640. The Morgan fingerprint density at radius 1 is 1.33 bits per heavy atom. The topological polar surface area (TPSA) is 31.2 Å². The Labute approximate surface area is 92.3 Å². The van der Waals surface area contributed by atoms with E-state index in [1.807, 2.05) is 0 Å². The van der Waals surface area contributed by atoms with Crippen LogP contribution in [0.2, 0.25) is 0 Å². The molecule has 0 aromatic rings. The second kappa shape index (κ2) is 4.92. The van der Waals surface area contributed by atoms with Crippen LogP contribution in [-0.4, -0.2) is 49.2 Å². The summed E-state index contributed by atoms with van der Waals surface area (Å²) in [5, 5.41) is 10.5. The molecule has 0 spiro atoms. The number of nitrogens with zero attached hydrogens (tertiary/aromatic N) is 4. The van der Waals surface area contributed by atoms with Crippen molar-refractivity contribution in [2.75, 3.05) is 33.2 Å². The molecule has 0 aliphatic carbocycles. The molecule has 1 unspecified atom stereocenters. The van der Waals surface area contributed by atoms with Gasteiger partial charge in [-0.15, -0.1) is 0 Å². The average Bonchev–Trinajstić information content (AvgIpc) is 2.30. The van der Waals surface area contributed by atoms with Gasteiger partial charge < -0.3 is 4.90 Å². The summed E-state index contributed by atoms with van der Waals surface area (Å²) in [4.78, 5) is 2.57. The van der Waals surface area contributed by atoms with Crippen LogP contribution in [0.5, 0.6) is 0 Å². The summed E-state index contributed by atoms with van der Waals surface area (Å²) in [7, 11) is 1.77. The van der Waals surface area contributed by atoms with Gasteiger partial charge in [-0.25, -0.2) is 0 Å². The summed E-state index contributed by atoms with van der Waals surface area (Å²) < 4.78 is 0. The number of rotatable bonds is 4. The van der Waals surface area contributed by atoms with Gasteiger partial charge in [0.15, 0.2) is 0 Å². The van der Waals surface area contributed by atoms with E-state index in [9.17, 15) is 0 Å². The summed E-state index contributed by atoms with van der Waals surface area (Å²) in [5.74, 6) is 0.854. The van der Waals surface area contributed by atoms with E-state index in [2.05, 4.69) is 27.2 Å². The maximum Gasteiger partial charge on any atom is 0.0643 e. The summed E-state index contributed by atoms with van der Waals surface area (Å²) in [5.41, 5.74) is 0. The van der Waals surface area contributed by atoms with Gasteiger partial charge in [0.2, 0.25) is 0 Å². The van der Waals surface area contributed by atoms with Gasteiger partial charge in [-0.2, -0.15) is 5.11 Å². The van der Waals surface area contributed by atoms with E-state index in [1.54, 1.807) is 7.05 Å². The normalized spacial score (nSPS) is 34.9. The summed E-state index contributed by atoms with van der Waals surface area (Å²) in [6, 6.07) is 0.621. The van der Waals surface area contributed by atoms with Crippen molar-refractivity contribution >= 4 is 0 Å². The first kappa shape index (κ1) is 10.9. The van der Waals surface area contributed by atoms with E-state index in [-0.39, 0.29) is 0 Å². The van der Waals surface area contributed by atoms with Crippen LogP contribution >= 0.6 is 0 Å². The highest BCUT2D eigenvalue weighted by atomic mass is 15.6. The summed E-state index contributed by atoms with van der Waals surface area (Å²) >= 11 is 0. The first-order chi connectivity index (χ1) is 7.35. The minimum atomic E-state index is 0.621. The first-order valence-corrected chi connectivity index (χ1v) is 6.14. The van der Waals surface area contributed by atoms with Crippen LogP contribution in [0.25, 0.3) is 0 Å². The van der Waals surface area contributed by atoms with E-state index in [1.165, 1.54) is 32.5 Å². The van der Waals surface area contributed by atoms with Crippen LogP contribution in [0.3, 0.4) is 0 Å². The van der Waals surface area contributed by atoms with Gasteiger partial charge in [-0.3, -0.25) is 5.01 Å². The van der Waals surface area contributed by atoms with Crippen molar-refractivity contribution < 1.29 is 0 Å². The molecule has 3 aliphatic rings. The fourth-order valence-electron chi connectivity index (χ4n) is 2.89. The highest BCUT2D eigenvalue weighted by molar-refractivity contribution is 4.91. The lowest BCUT2D eigenvalue weighted by Crippen LogP contribution is -2.56. The quantitative estimate of drug-likeness (QED) is 0.523. The smallest absolute Gasteiger partial charge is 0.0643 e. The predicted octanol–water partition coefficient (Wildman–Crippen LogP) is 1.79. The molecule has 0 amide bonds. The molecule has 3 rings (SSSR count). The van der Waals surface area contributed by atoms with Gasteiger partial charge >= 0.3 is 0 Å². The van der Waals surface area contributed by atoms with Crippen molar-refractivity contribution in [2.45, 2.75) is 32.2 Å². The van der Waals surface area contributed by atoms with Crippen molar-refractivity contribution in [2.24, 2.45) is 16.3 Å². The molecule has 0 aromatic heterocycles. The Bertz CT molecular complexity index is 221. The molecule has 15 heavy (non-hydrogen) atoms. The number of fused-ring (bicyclic) bond motifs is 3. The molecule has 4 heteroatoms. The molecule has 4 nitrogen and oxygen atoms in total. The zero-order valence-corrected chi connectivity index (χ0v) is 9.89. The zero-order valence-electron chi connectivity index (χ0n) is 9.89. The van der Waals surface area contributed by atoms with E-state index in [0.29, 0.717) is 6.04 Å². The molecule has 0 radical (unpaired) electrons. The second-order valence-corrected chi connectivity index (χ2v) is 4.66. The van der Waals surface area contributed by atoms with Crippen LogP contribution in [0.1, 0.15) is 26.2 Å². The fourth-order valence-corrected chi connectivity index (χ4v) is 2.89. The lowest BCUT2D eigenvalue weighted by Gasteiger charge is -2.47. The van der Waals surface area contributed by atoms with E-state index >= 15 is 0 Å². The van der Waals surface area contributed by atoms with Crippen molar-refractivity contribution in [3.8, 4) is 0 Å². The summed E-state index contributed by atoms with van der Waals surface area (Å²) in [6.45, 7) is 7.05. The standard InChI is InChI=1S/C11H22N4/c1-3-6-15(13-12-2)11-9-14-7-4-10(11)5-8-14/h10-11H,3-9H2,1-2H3. The highest BCUT2D eigenvalue weighted by Crippen LogP contribution is 2.31. The van der Waals surface area contributed by atoms with Crippen LogP contribution in [0.15, 0.2) is 10.3 Å². The molecule has 1 atom stereocenters. The Morgan fingerprint density at radius 2 is 2.07 bits per heavy atom. The van der Waals surface area contributed by atoms with Gasteiger partial charge in [-0.05, 0) is 38.3 Å². The fraction of sp³-hybridized carbons (Fsp3) is 1.00. The van der Waals surface area contributed by atoms with Crippen LogP contribution < -0.4 is 0 Å². The highest BCUT2D eigenvalue weighted by Gasteiger charge is 2.37. The lowest BCUT2D eigenvalue weighted by molar-refractivity contribution is 0.00220. The molecule has 86 valence electrons. The minimum absolute atomic E-state index is 0.621. The SMILES string of the molecule is CCCN(N=NC)C1CN2CCC1CC2. The molecule has 0 aromatic carbocycles. The molecule has 3 saturated heterocycles. The third kappa shape index (κ3) is 2.30. The van der Waals surface area contributed by atoms with E-state index in [0.717, 1.165) is 18.9 Å². The molecule has 3 heterocycles. The van der Waals surface area contributed by atoms with Crippen LogP contribution in [0.4, 0.5) is 0 Å². The molecule has 2 bridgehead atoms. The third-order valence-electron chi connectivity index (χ3n) is 3.66. The monoisotopic (exact) mass is 210 g/mol. The number of hydrogen-bond donors (Lipinski definition) is 0. The van der Waals surface area contributed by atoms with Crippen LogP contribution in [0, 0.1) is 5.92 Å². The largest absolute Gasteiger partial charge is 0.301 e. The van der Waals surface area contributed by atoms with Gasteiger partial charge in [0, 0.05) is 13.1 Å². The first-order valence-electron chi connectivity index (χ1n) is 6.14.